The van der Waals surface area contributed by atoms with Gasteiger partial charge in [-0.3, -0.25) is 0 Å². The van der Waals surface area contributed by atoms with Gasteiger partial charge in [0.2, 0.25) is 11.8 Å². The van der Waals surface area contributed by atoms with Crippen molar-refractivity contribution >= 4 is 0 Å². The number of ether oxygens (including phenoxy) is 2. The van der Waals surface area contributed by atoms with Crippen LogP contribution in [0.25, 0.3) is 0 Å². The topological polar surface area (TPSA) is 57.4 Å². The number of nitrogens with zero attached hydrogens (tertiary/aromatic N) is 1. The Morgan fingerprint density at radius 1 is 1.05 bits per heavy atom. The first-order valence-electron chi connectivity index (χ1n) is 6.38. The lowest BCUT2D eigenvalue weighted by molar-refractivity contribution is 0.321. The molecule has 0 aliphatic rings. The fraction of sp³-hybridized carbons (Fsp3) is 0.267. The molecule has 0 aliphatic carbocycles. The van der Waals surface area contributed by atoms with Crippen LogP contribution in [0.15, 0.2) is 42.5 Å². The first-order valence-corrected chi connectivity index (χ1v) is 6.38. The average molecular weight is 258 g/mol. The summed E-state index contributed by atoms with van der Waals surface area (Å²) in [5.74, 6) is 1.85. The molecule has 0 fully saturated rings. The minimum atomic E-state index is 0.525. The van der Waals surface area contributed by atoms with E-state index in [2.05, 4.69) is 4.98 Å². The van der Waals surface area contributed by atoms with E-state index in [0.717, 1.165) is 12.2 Å². The van der Waals surface area contributed by atoms with E-state index in [1.54, 1.807) is 12.1 Å². The molecule has 0 atom stereocenters. The normalized spacial score (nSPS) is 10.2. The monoisotopic (exact) mass is 258 g/mol. The molecule has 1 heterocycles. The second-order valence-electron chi connectivity index (χ2n) is 4.03. The molecule has 0 unspecified atom stereocenters. The third-order valence-corrected chi connectivity index (χ3v) is 2.57. The zero-order valence-corrected chi connectivity index (χ0v) is 11.0. The average Bonchev–Trinajstić information content (AvgIpc) is 2.42. The highest BCUT2D eigenvalue weighted by Gasteiger charge is 2.01. The molecular formula is C15H18N2O2. The summed E-state index contributed by atoms with van der Waals surface area (Å²) in [5.41, 5.74) is 6.71. The van der Waals surface area contributed by atoms with Crippen LogP contribution < -0.4 is 15.2 Å². The molecule has 4 nitrogen and oxygen atoms in total. The number of nitrogens with two attached hydrogens (primary N) is 1. The van der Waals surface area contributed by atoms with Crippen molar-refractivity contribution < 1.29 is 9.47 Å². The van der Waals surface area contributed by atoms with Crippen LogP contribution in [0.2, 0.25) is 0 Å². The predicted molar refractivity (Wildman–Crippen MR) is 74.7 cm³/mol. The Labute approximate surface area is 113 Å². The highest BCUT2D eigenvalue weighted by molar-refractivity contribution is 5.31. The minimum absolute atomic E-state index is 0.525. The van der Waals surface area contributed by atoms with E-state index in [1.165, 1.54) is 5.56 Å². The summed E-state index contributed by atoms with van der Waals surface area (Å²) in [7, 11) is 0. The maximum absolute atomic E-state index is 5.68. The molecule has 1 aromatic carbocycles. The third kappa shape index (κ3) is 3.96. The lowest BCUT2D eigenvalue weighted by Crippen LogP contribution is -2.02. The molecule has 2 rings (SSSR count). The fourth-order valence-electron chi connectivity index (χ4n) is 1.69. The second-order valence-corrected chi connectivity index (χ2v) is 4.03. The first-order chi connectivity index (χ1) is 9.31. The molecule has 19 heavy (non-hydrogen) atoms. The summed E-state index contributed by atoms with van der Waals surface area (Å²) in [4.78, 5) is 4.25. The van der Waals surface area contributed by atoms with Crippen molar-refractivity contribution in [2.75, 3.05) is 13.2 Å². The number of hydrogen-bond acceptors (Lipinski definition) is 4. The van der Waals surface area contributed by atoms with Crippen LogP contribution in [0.1, 0.15) is 12.5 Å². The Kier molecular flexibility index (Phi) is 4.75. The minimum Gasteiger partial charge on any atom is -0.478 e. The Morgan fingerprint density at radius 3 is 2.47 bits per heavy atom. The quantitative estimate of drug-likeness (QED) is 0.865. The summed E-state index contributed by atoms with van der Waals surface area (Å²) in [5, 5.41) is 0. The van der Waals surface area contributed by atoms with Crippen molar-refractivity contribution in [1.82, 2.24) is 4.98 Å². The summed E-state index contributed by atoms with van der Waals surface area (Å²) in [6, 6.07) is 13.3. The standard InChI is InChI=1S/C15H18N2O2/c1-2-18-14-4-3-5-15(17-14)19-13-8-6-12(7-9-13)10-11-16/h3-9H,2,10-11,16H2,1H3. The molecule has 4 heteroatoms. The van der Waals surface area contributed by atoms with Crippen LogP contribution in [-0.4, -0.2) is 18.1 Å². The molecule has 0 bridgehead atoms. The Morgan fingerprint density at radius 2 is 1.79 bits per heavy atom. The van der Waals surface area contributed by atoms with Gasteiger partial charge in [-0.25, -0.2) is 0 Å². The summed E-state index contributed by atoms with van der Waals surface area (Å²) in [6.45, 7) is 3.16. The first kappa shape index (κ1) is 13.4. The molecule has 1 aromatic heterocycles. The van der Waals surface area contributed by atoms with Gasteiger partial charge in [-0.05, 0) is 37.6 Å². The van der Waals surface area contributed by atoms with Gasteiger partial charge in [-0.2, -0.15) is 4.98 Å². The van der Waals surface area contributed by atoms with Crippen LogP contribution in [0.5, 0.6) is 17.5 Å². The number of pyridine rings is 1. The molecule has 0 aliphatic heterocycles. The molecule has 0 amide bonds. The fourth-order valence-corrected chi connectivity index (χ4v) is 1.69. The molecular weight excluding hydrogens is 240 g/mol. The van der Waals surface area contributed by atoms with E-state index in [1.807, 2.05) is 37.3 Å². The summed E-state index contributed by atoms with van der Waals surface area (Å²) < 4.78 is 11.0. The van der Waals surface area contributed by atoms with Gasteiger partial charge in [0.15, 0.2) is 0 Å². The summed E-state index contributed by atoms with van der Waals surface area (Å²) >= 11 is 0. The van der Waals surface area contributed by atoms with E-state index in [9.17, 15) is 0 Å². The van der Waals surface area contributed by atoms with Gasteiger partial charge in [0.05, 0.1) is 6.61 Å². The van der Waals surface area contributed by atoms with E-state index in [0.29, 0.717) is 24.9 Å². The van der Waals surface area contributed by atoms with Gasteiger partial charge in [-0.15, -0.1) is 0 Å². The maximum Gasteiger partial charge on any atom is 0.222 e. The van der Waals surface area contributed by atoms with E-state index >= 15 is 0 Å². The Balaban J connectivity index is 2.05. The van der Waals surface area contributed by atoms with Crippen LogP contribution in [0.4, 0.5) is 0 Å². The lowest BCUT2D eigenvalue weighted by Gasteiger charge is -2.07. The van der Waals surface area contributed by atoms with Crippen LogP contribution in [0.3, 0.4) is 0 Å². The van der Waals surface area contributed by atoms with Crippen molar-refractivity contribution in [3.05, 3.63) is 48.0 Å². The molecule has 2 N–H and O–H groups in total. The number of benzene rings is 1. The molecule has 100 valence electrons. The van der Waals surface area contributed by atoms with Crippen molar-refractivity contribution in [2.24, 2.45) is 5.73 Å². The molecule has 0 radical (unpaired) electrons. The lowest BCUT2D eigenvalue weighted by atomic mass is 10.1. The number of aromatic nitrogens is 1. The predicted octanol–water partition coefficient (Wildman–Crippen LogP) is 2.77. The largest absolute Gasteiger partial charge is 0.478 e. The van der Waals surface area contributed by atoms with E-state index in [-0.39, 0.29) is 0 Å². The number of hydrogen-bond donors (Lipinski definition) is 1. The van der Waals surface area contributed by atoms with Gasteiger partial charge in [0.1, 0.15) is 5.75 Å². The van der Waals surface area contributed by atoms with Gasteiger partial charge in [0.25, 0.3) is 0 Å². The molecule has 0 saturated heterocycles. The van der Waals surface area contributed by atoms with Crippen LogP contribution >= 0.6 is 0 Å². The molecule has 0 spiro atoms. The highest BCUT2D eigenvalue weighted by Crippen LogP contribution is 2.21. The van der Waals surface area contributed by atoms with E-state index < -0.39 is 0 Å². The SMILES string of the molecule is CCOc1cccc(Oc2ccc(CCN)cc2)n1. The molecule has 0 saturated carbocycles. The number of rotatable bonds is 6. The van der Waals surface area contributed by atoms with Gasteiger partial charge in [0, 0.05) is 12.1 Å². The second kappa shape index (κ2) is 6.75. The van der Waals surface area contributed by atoms with Crippen LogP contribution in [-0.2, 0) is 6.42 Å². The van der Waals surface area contributed by atoms with Crippen molar-refractivity contribution in [3.63, 3.8) is 0 Å². The Hall–Kier alpha value is -2.07. The zero-order valence-electron chi connectivity index (χ0n) is 11.0. The van der Waals surface area contributed by atoms with Crippen LogP contribution in [0, 0.1) is 0 Å². The molecule has 2 aromatic rings. The van der Waals surface area contributed by atoms with Crippen molar-refractivity contribution in [2.45, 2.75) is 13.3 Å². The van der Waals surface area contributed by atoms with E-state index in [4.69, 9.17) is 15.2 Å². The Bertz CT molecular complexity index is 512. The van der Waals surface area contributed by atoms with Gasteiger partial charge in [-0.1, -0.05) is 18.2 Å². The van der Waals surface area contributed by atoms with Gasteiger partial charge >= 0.3 is 0 Å². The highest BCUT2D eigenvalue weighted by atomic mass is 16.5. The van der Waals surface area contributed by atoms with Crippen molar-refractivity contribution in [1.29, 1.82) is 0 Å². The zero-order chi connectivity index (χ0) is 13.5. The maximum atomic E-state index is 5.68. The summed E-state index contributed by atoms with van der Waals surface area (Å²) in [6.07, 6.45) is 0.873. The third-order valence-electron chi connectivity index (χ3n) is 2.57. The smallest absolute Gasteiger partial charge is 0.222 e. The van der Waals surface area contributed by atoms with Gasteiger partial charge < -0.3 is 15.2 Å². The van der Waals surface area contributed by atoms with Crippen molar-refractivity contribution in [3.8, 4) is 17.5 Å².